The van der Waals surface area contributed by atoms with Crippen LogP contribution in [0.2, 0.25) is 0 Å². The van der Waals surface area contributed by atoms with Crippen LogP contribution in [0.15, 0.2) is 54.7 Å². The maximum Gasteiger partial charge on any atom is 0.252 e. The van der Waals surface area contributed by atoms with Gasteiger partial charge in [-0.3, -0.25) is 9.78 Å². The second kappa shape index (κ2) is 9.49. The van der Waals surface area contributed by atoms with Crippen molar-refractivity contribution in [3.05, 3.63) is 60.3 Å². The fourth-order valence-electron chi connectivity index (χ4n) is 3.40. The van der Waals surface area contributed by atoms with E-state index in [2.05, 4.69) is 15.3 Å². The lowest BCUT2D eigenvalue weighted by atomic mass is 10.1. The highest BCUT2D eigenvalue weighted by Gasteiger charge is 2.14. The molecular weight excluding hydrogens is 410 g/mol. The molecule has 0 unspecified atom stereocenters. The van der Waals surface area contributed by atoms with Crippen molar-refractivity contribution in [2.24, 2.45) is 0 Å². The van der Waals surface area contributed by atoms with Gasteiger partial charge in [0, 0.05) is 48.3 Å². The van der Waals surface area contributed by atoms with Crippen molar-refractivity contribution in [1.29, 1.82) is 0 Å². The Morgan fingerprint density at radius 2 is 1.72 bits per heavy atom. The van der Waals surface area contributed by atoms with Crippen LogP contribution in [0.1, 0.15) is 10.4 Å². The van der Waals surface area contributed by atoms with Gasteiger partial charge < -0.3 is 24.3 Å². The van der Waals surface area contributed by atoms with Gasteiger partial charge in [-0.05, 0) is 30.3 Å². The van der Waals surface area contributed by atoms with Gasteiger partial charge in [0.05, 0.1) is 31.9 Å². The molecule has 1 amide bonds. The molecular formula is C24H23N3O5. The molecule has 0 aliphatic heterocycles. The molecule has 2 aromatic heterocycles. The summed E-state index contributed by atoms with van der Waals surface area (Å²) in [7, 11) is 4.75. The molecule has 4 aromatic rings. The predicted octanol–water partition coefficient (Wildman–Crippen LogP) is 3.97. The molecule has 8 nitrogen and oxygen atoms in total. The molecule has 0 bridgehead atoms. The van der Waals surface area contributed by atoms with Gasteiger partial charge in [-0.25, -0.2) is 4.98 Å². The van der Waals surface area contributed by atoms with E-state index >= 15 is 0 Å². The fourth-order valence-corrected chi connectivity index (χ4v) is 3.40. The van der Waals surface area contributed by atoms with Crippen LogP contribution in [0.4, 0.5) is 0 Å². The minimum absolute atomic E-state index is 0.177. The summed E-state index contributed by atoms with van der Waals surface area (Å²) in [5, 5.41) is 4.33. The second-order valence-corrected chi connectivity index (χ2v) is 6.91. The van der Waals surface area contributed by atoms with Crippen molar-refractivity contribution in [2.45, 2.75) is 0 Å². The van der Waals surface area contributed by atoms with Gasteiger partial charge >= 0.3 is 0 Å². The number of aromatic nitrogens is 2. The lowest BCUT2D eigenvalue weighted by Gasteiger charge is -2.12. The summed E-state index contributed by atoms with van der Waals surface area (Å²) in [5.41, 5.74) is 1.90. The number of carbonyl (C=O) groups is 1. The summed E-state index contributed by atoms with van der Waals surface area (Å²) >= 11 is 0. The maximum absolute atomic E-state index is 12.5. The van der Waals surface area contributed by atoms with Crippen LogP contribution in [-0.2, 0) is 4.74 Å². The van der Waals surface area contributed by atoms with Gasteiger partial charge in [-0.1, -0.05) is 6.07 Å². The molecule has 0 aliphatic rings. The Morgan fingerprint density at radius 1 is 0.906 bits per heavy atom. The Kier molecular flexibility index (Phi) is 6.32. The van der Waals surface area contributed by atoms with E-state index in [0.717, 1.165) is 10.8 Å². The van der Waals surface area contributed by atoms with Crippen molar-refractivity contribution in [3.63, 3.8) is 0 Å². The molecule has 0 radical (unpaired) electrons. The molecule has 8 heteroatoms. The number of hydrogen-bond donors (Lipinski definition) is 1. The zero-order valence-electron chi connectivity index (χ0n) is 18.0. The van der Waals surface area contributed by atoms with Gasteiger partial charge in [0.2, 0.25) is 5.88 Å². The number of hydrogen-bond acceptors (Lipinski definition) is 7. The molecule has 0 saturated heterocycles. The Hall–Kier alpha value is -3.91. The van der Waals surface area contributed by atoms with Crippen LogP contribution >= 0.6 is 0 Å². The number of rotatable bonds is 8. The minimum Gasteiger partial charge on any atom is -0.493 e. The number of carbonyl (C=O) groups excluding carboxylic acids is 1. The van der Waals surface area contributed by atoms with Gasteiger partial charge in [0.1, 0.15) is 5.75 Å². The first kappa shape index (κ1) is 21.3. The lowest BCUT2D eigenvalue weighted by molar-refractivity contribution is 0.0938. The Balaban J connectivity index is 1.67. The number of nitrogens with zero attached hydrogens (tertiary/aromatic N) is 2. The third-order valence-corrected chi connectivity index (χ3v) is 4.96. The molecule has 0 aliphatic carbocycles. The van der Waals surface area contributed by atoms with Crippen molar-refractivity contribution < 1.29 is 23.7 Å². The fraction of sp³-hybridized carbons (Fsp3) is 0.208. The van der Waals surface area contributed by atoms with Crippen LogP contribution in [0.5, 0.6) is 23.1 Å². The molecule has 0 spiro atoms. The number of pyridine rings is 2. The summed E-state index contributed by atoms with van der Waals surface area (Å²) in [6.07, 6.45) is 1.66. The standard InChI is InChI=1S/C24H23N3O5/c1-29-12-11-26-24(28)16-5-4-6-18-15(16)7-8-23(27-18)32-20-9-10-25-19-14-22(31-3)21(30-2)13-17(19)20/h4-10,13-14H,11-12H2,1-3H3,(H,26,28). The first-order chi connectivity index (χ1) is 15.6. The summed E-state index contributed by atoms with van der Waals surface area (Å²) in [6.45, 7) is 0.882. The average Bonchev–Trinajstić information content (AvgIpc) is 2.83. The molecule has 2 aromatic carbocycles. The Morgan fingerprint density at radius 3 is 2.50 bits per heavy atom. The average molecular weight is 433 g/mol. The van der Waals surface area contributed by atoms with E-state index in [1.54, 1.807) is 57.9 Å². The van der Waals surface area contributed by atoms with Crippen LogP contribution in [0.25, 0.3) is 21.8 Å². The largest absolute Gasteiger partial charge is 0.493 e. The third kappa shape index (κ3) is 4.26. The first-order valence-electron chi connectivity index (χ1n) is 10.00. The number of nitrogens with one attached hydrogen (secondary N) is 1. The number of benzene rings is 2. The zero-order valence-corrected chi connectivity index (χ0v) is 18.0. The van der Waals surface area contributed by atoms with E-state index in [-0.39, 0.29) is 5.91 Å². The smallest absolute Gasteiger partial charge is 0.252 e. The summed E-state index contributed by atoms with van der Waals surface area (Å²) in [4.78, 5) is 21.5. The quantitative estimate of drug-likeness (QED) is 0.420. The van der Waals surface area contributed by atoms with Gasteiger partial charge in [0.15, 0.2) is 11.5 Å². The van der Waals surface area contributed by atoms with Crippen molar-refractivity contribution >= 4 is 27.7 Å². The summed E-state index contributed by atoms with van der Waals surface area (Å²) in [5.74, 6) is 1.97. The van der Waals surface area contributed by atoms with E-state index in [9.17, 15) is 4.79 Å². The molecule has 32 heavy (non-hydrogen) atoms. The summed E-state index contributed by atoms with van der Waals surface area (Å²) < 4.78 is 21.8. The van der Waals surface area contributed by atoms with Crippen molar-refractivity contribution in [1.82, 2.24) is 15.3 Å². The van der Waals surface area contributed by atoms with Crippen LogP contribution in [-0.4, -0.2) is 50.4 Å². The molecule has 0 fully saturated rings. The van der Waals surface area contributed by atoms with Crippen LogP contribution < -0.4 is 19.5 Å². The van der Waals surface area contributed by atoms with E-state index in [0.29, 0.717) is 52.9 Å². The van der Waals surface area contributed by atoms with Gasteiger partial charge in [-0.15, -0.1) is 0 Å². The molecule has 4 rings (SSSR count). The number of ether oxygens (including phenoxy) is 4. The van der Waals surface area contributed by atoms with Crippen molar-refractivity contribution in [3.8, 4) is 23.1 Å². The highest BCUT2D eigenvalue weighted by Crippen LogP contribution is 2.36. The van der Waals surface area contributed by atoms with Gasteiger partial charge in [-0.2, -0.15) is 0 Å². The minimum atomic E-state index is -0.177. The predicted molar refractivity (Wildman–Crippen MR) is 121 cm³/mol. The third-order valence-electron chi connectivity index (χ3n) is 4.96. The van der Waals surface area contributed by atoms with E-state index in [4.69, 9.17) is 18.9 Å². The SMILES string of the molecule is COCCNC(=O)c1cccc2nc(Oc3ccnc4cc(OC)c(OC)cc34)ccc12. The van der Waals surface area contributed by atoms with Crippen molar-refractivity contribution in [2.75, 3.05) is 34.5 Å². The molecule has 0 atom stereocenters. The van der Waals surface area contributed by atoms with Gasteiger partial charge in [0.25, 0.3) is 5.91 Å². The lowest BCUT2D eigenvalue weighted by Crippen LogP contribution is -2.27. The van der Waals surface area contributed by atoms with E-state index < -0.39 is 0 Å². The van der Waals surface area contributed by atoms with Crippen LogP contribution in [0, 0.1) is 0 Å². The Labute approximate surface area is 185 Å². The first-order valence-corrected chi connectivity index (χ1v) is 10.00. The highest BCUT2D eigenvalue weighted by atomic mass is 16.5. The molecule has 2 heterocycles. The number of methoxy groups -OCH3 is 3. The number of fused-ring (bicyclic) bond motifs is 2. The van der Waals surface area contributed by atoms with Crippen LogP contribution in [0.3, 0.4) is 0 Å². The van der Waals surface area contributed by atoms with E-state index in [1.165, 1.54) is 0 Å². The highest BCUT2D eigenvalue weighted by molar-refractivity contribution is 6.06. The normalized spacial score (nSPS) is 10.8. The Bertz CT molecular complexity index is 1280. The molecule has 0 saturated carbocycles. The van der Waals surface area contributed by atoms with E-state index in [1.807, 2.05) is 18.2 Å². The molecule has 164 valence electrons. The second-order valence-electron chi connectivity index (χ2n) is 6.91. The summed E-state index contributed by atoms with van der Waals surface area (Å²) in [6, 6.07) is 14.3. The maximum atomic E-state index is 12.5. The zero-order chi connectivity index (χ0) is 22.5. The number of amides is 1. The molecule has 1 N–H and O–H groups in total. The monoisotopic (exact) mass is 433 g/mol. The topological polar surface area (TPSA) is 91.8 Å².